The molecule has 0 saturated heterocycles. The Kier molecular flexibility index (Phi) is 5.84. The molecule has 0 heterocycles. The molecule has 0 aromatic heterocycles. The third-order valence-corrected chi connectivity index (χ3v) is 5.76. The Labute approximate surface area is 153 Å². The van der Waals surface area contributed by atoms with Gasteiger partial charge in [0.05, 0.1) is 9.92 Å². The van der Waals surface area contributed by atoms with Crippen LogP contribution in [0, 0.1) is 5.21 Å². The molecule has 2 N–H and O–H groups in total. The largest absolute Gasteiger partial charge is 0.595 e. The predicted octanol–water partition coefficient (Wildman–Crippen LogP) is 5.05. The summed E-state index contributed by atoms with van der Waals surface area (Å²) in [5, 5.41) is 20.5. The topological polar surface area (TPSA) is 47.7 Å². The van der Waals surface area contributed by atoms with Crippen molar-refractivity contribution in [3.8, 4) is 0 Å². The summed E-state index contributed by atoms with van der Waals surface area (Å²) in [7, 11) is 0. The van der Waals surface area contributed by atoms with E-state index in [9.17, 15) is 10.4 Å². The highest BCUT2D eigenvalue weighted by Gasteiger charge is 2.16. The second kappa shape index (κ2) is 8.07. The van der Waals surface area contributed by atoms with E-state index in [1.54, 1.807) is 0 Å². The molecule has 3 aromatic carbocycles. The van der Waals surface area contributed by atoms with Gasteiger partial charge in [-0.15, -0.1) is 0 Å². The van der Waals surface area contributed by atoms with Crippen molar-refractivity contribution in [3.05, 3.63) is 83.0 Å². The van der Waals surface area contributed by atoms with Gasteiger partial charge in [-0.2, -0.15) is 5.23 Å². The van der Waals surface area contributed by atoms with Crippen LogP contribution in [0.15, 0.2) is 92.4 Å². The summed E-state index contributed by atoms with van der Waals surface area (Å²) in [5.74, 6) is 0. The van der Waals surface area contributed by atoms with Gasteiger partial charge in [0.1, 0.15) is 0 Å². The normalized spacial score (nSPS) is 12.1. The smallest absolute Gasteiger partial charge is 0.179 e. The fourth-order valence-electron chi connectivity index (χ4n) is 2.10. The highest BCUT2D eigenvalue weighted by atomic mass is 35.5. The van der Waals surface area contributed by atoms with Crippen molar-refractivity contribution in [2.45, 2.75) is 19.6 Å². The first-order chi connectivity index (χ1) is 11.6. The highest BCUT2D eigenvalue weighted by Crippen LogP contribution is 2.40. The Bertz CT molecular complexity index is 814. The van der Waals surface area contributed by atoms with E-state index in [0.717, 1.165) is 14.7 Å². The summed E-state index contributed by atoms with van der Waals surface area (Å²) < 4.78 is 0. The van der Waals surface area contributed by atoms with Gasteiger partial charge in [-0.05, 0) is 30.3 Å². The number of halogens is 1. The Morgan fingerprint density at radius 1 is 0.792 bits per heavy atom. The standard InChI is InChI=1S/C18H14ClNO2S2/c19-15-11-16(20(21)22)18(24-14-9-5-2-6-10-14)12-17(15)23-13-7-3-1-4-8-13/h1-12,20-21H. The van der Waals surface area contributed by atoms with Crippen LogP contribution < -0.4 is 5.23 Å². The van der Waals surface area contributed by atoms with Crippen LogP contribution in [0.5, 0.6) is 0 Å². The molecule has 122 valence electrons. The molecule has 0 amide bonds. The van der Waals surface area contributed by atoms with Gasteiger partial charge in [-0.1, -0.05) is 71.5 Å². The number of nitrogens with one attached hydrogen (secondary N) is 1. The average Bonchev–Trinajstić information content (AvgIpc) is 2.59. The summed E-state index contributed by atoms with van der Waals surface area (Å²) in [6.07, 6.45) is 0. The lowest BCUT2D eigenvalue weighted by Crippen LogP contribution is -2.99. The van der Waals surface area contributed by atoms with Gasteiger partial charge in [-0.3, -0.25) is 0 Å². The molecule has 3 rings (SSSR count). The maximum atomic E-state index is 11.6. The van der Waals surface area contributed by atoms with E-state index >= 15 is 0 Å². The Morgan fingerprint density at radius 2 is 1.29 bits per heavy atom. The molecule has 1 atom stereocenters. The van der Waals surface area contributed by atoms with E-state index in [1.165, 1.54) is 29.6 Å². The highest BCUT2D eigenvalue weighted by molar-refractivity contribution is 8.00. The van der Waals surface area contributed by atoms with Gasteiger partial charge in [0.25, 0.3) is 0 Å². The van der Waals surface area contributed by atoms with E-state index in [2.05, 4.69) is 0 Å². The maximum Gasteiger partial charge on any atom is 0.179 e. The van der Waals surface area contributed by atoms with Crippen molar-refractivity contribution >= 4 is 40.8 Å². The van der Waals surface area contributed by atoms with Crippen LogP contribution in [0.4, 0.5) is 5.69 Å². The second-order valence-corrected chi connectivity index (χ2v) is 7.55. The van der Waals surface area contributed by atoms with Gasteiger partial charge in [-0.25, -0.2) is 5.21 Å². The zero-order valence-corrected chi connectivity index (χ0v) is 14.9. The zero-order valence-electron chi connectivity index (χ0n) is 12.5. The molecule has 0 aliphatic rings. The summed E-state index contributed by atoms with van der Waals surface area (Å²) >= 11 is 9.25. The third-order valence-electron chi connectivity index (χ3n) is 3.21. The molecule has 0 radical (unpaired) electrons. The van der Waals surface area contributed by atoms with Gasteiger partial charge < -0.3 is 5.21 Å². The van der Waals surface area contributed by atoms with Crippen molar-refractivity contribution in [1.29, 1.82) is 0 Å². The maximum absolute atomic E-state index is 11.6. The fraction of sp³-hybridized carbons (Fsp3) is 0. The van der Waals surface area contributed by atoms with Gasteiger partial charge in [0, 0.05) is 20.8 Å². The average molecular weight is 376 g/mol. The molecule has 24 heavy (non-hydrogen) atoms. The summed E-state index contributed by atoms with van der Waals surface area (Å²) in [6, 6.07) is 22.9. The summed E-state index contributed by atoms with van der Waals surface area (Å²) in [5.41, 5.74) is 0.214. The van der Waals surface area contributed by atoms with Crippen LogP contribution in [0.25, 0.3) is 0 Å². The summed E-state index contributed by atoms with van der Waals surface area (Å²) in [4.78, 5) is 3.55. The van der Waals surface area contributed by atoms with E-state index in [-0.39, 0.29) is 5.69 Å². The van der Waals surface area contributed by atoms with E-state index in [4.69, 9.17) is 11.6 Å². The molecule has 3 nitrogen and oxygen atoms in total. The Balaban J connectivity index is 1.97. The number of quaternary nitrogens is 1. The minimum atomic E-state index is -0.980. The molecule has 0 fully saturated rings. The van der Waals surface area contributed by atoms with E-state index < -0.39 is 5.23 Å². The molecule has 0 aliphatic heterocycles. The first kappa shape index (κ1) is 17.4. The van der Waals surface area contributed by atoms with Crippen LogP contribution >= 0.6 is 35.1 Å². The first-order valence-corrected chi connectivity index (χ1v) is 9.17. The van der Waals surface area contributed by atoms with Crippen LogP contribution in [0.2, 0.25) is 5.02 Å². The molecule has 0 saturated carbocycles. The minimum Gasteiger partial charge on any atom is -0.595 e. The molecule has 1 unspecified atom stereocenters. The van der Waals surface area contributed by atoms with Crippen molar-refractivity contribution in [3.63, 3.8) is 0 Å². The number of rotatable bonds is 5. The molecule has 3 aromatic rings. The van der Waals surface area contributed by atoms with Crippen molar-refractivity contribution in [2.75, 3.05) is 0 Å². The quantitative estimate of drug-likeness (QED) is 0.613. The lowest BCUT2D eigenvalue weighted by Gasteiger charge is -2.17. The minimum absolute atomic E-state index is 0.214. The second-order valence-electron chi connectivity index (χ2n) is 4.91. The third kappa shape index (κ3) is 4.33. The molecular formula is C18H14ClNO2S2. The Hall–Kier alpha value is -1.47. The molecular weight excluding hydrogens is 362 g/mol. The number of hydrogen-bond acceptors (Lipinski definition) is 4. The van der Waals surface area contributed by atoms with Gasteiger partial charge in [0.2, 0.25) is 0 Å². The van der Waals surface area contributed by atoms with Crippen molar-refractivity contribution in [2.24, 2.45) is 0 Å². The number of hydrogen-bond donors (Lipinski definition) is 2. The van der Waals surface area contributed by atoms with Crippen LogP contribution in [-0.4, -0.2) is 5.21 Å². The van der Waals surface area contributed by atoms with Crippen LogP contribution in [0.1, 0.15) is 0 Å². The lowest BCUT2D eigenvalue weighted by atomic mass is 10.3. The summed E-state index contributed by atoms with van der Waals surface area (Å²) in [6.45, 7) is 0. The van der Waals surface area contributed by atoms with Gasteiger partial charge >= 0.3 is 0 Å². The zero-order chi connectivity index (χ0) is 16.9. The van der Waals surface area contributed by atoms with Gasteiger partial charge in [0.15, 0.2) is 5.69 Å². The van der Waals surface area contributed by atoms with Crippen LogP contribution in [-0.2, 0) is 0 Å². The van der Waals surface area contributed by atoms with E-state index in [1.807, 2.05) is 66.7 Å². The van der Waals surface area contributed by atoms with Crippen molar-refractivity contribution < 1.29 is 10.4 Å². The van der Waals surface area contributed by atoms with Crippen LogP contribution in [0.3, 0.4) is 0 Å². The lowest BCUT2D eigenvalue weighted by molar-refractivity contribution is -0.992. The molecule has 0 bridgehead atoms. The predicted molar refractivity (Wildman–Crippen MR) is 98.4 cm³/mol. The van der Waals surface area contributed by atoms with E-state index in [0.29, 0.717) is 9.92 Å². The van der Waals surface area contributed by atoms with Crippen molar-refractivity contribution in [1.82, 2.24) is 0 Å². The SMILES string of the molecule is [O-][NH+](O)c1cc(Cl)c(Sc2ccccc2)cc1Sc1ccccc1. The molecule has 6 heteroatoms. The first-order valence-electron chi connectivity index (χ1n) is 7.16. The molecule has 0 spiro atoms. The Morgan fingerprint density at radius 3 is 1.79 bits per heavy atom. The number of benzene rings is 3. The fourth-order valence-corrected chi connectivity index (χ4v) is 4.31. The monoisotopic (exact) mass is 375 g/mol. The molecule has 0 aliphatic carbocycles.